The zero-order chi connectivity index (χ0) is 19.4. The zero-order valence-electron chi connectivity index (χ0n) is 15.1. The lowest BCUT2D eigenvalue weighted by Gasteiger charge is -2.29. The van der Waals surface area contributed by atoms with Gasteiger partial charge in [0.05, 0.1) is 13.2 Å². The lowest BCUT2D eigenvalue weighted by Crippen LogP contribution is -2.37. The molecule has 0 atom stereocenters. The highest BCUT2D eigenvalue weighted by Gasteiger charge is 2.34. The molecule has 3 heterocycles. The van der Waals surface area contributed by atoms with Gasteiger partial charge in [0, 0.05) is 51.6 Å². The van der Waals surface area contributed by atoms with Gasteiger partial charge >= 0.3 is 6.18 Å². The molecule has 1 aliphatic rings. The lowest BCUT2D eigenvalue weighted by molar-refractivity contribution is -0.141. The fourth-order valence-electron chi connectivity index (χ4n) is 2.69. The molecule has 0 radical (unpaired) electrons. The third kappa shape index (κ3) is 4.76. The molecule has 0 aliphatic carbocycles. The second-order valence-electron chi connectivity index (χ2n) is 6.27. The SMILES string of the molecule is CN(C)c1cc(C(F)(F)F)nc(NCc2cccnc2N2CCOCC2)n1. The van der Waals surface area contributed by atoms with Crippen LogP contribution < -0.4 is 15.1 Å². The van der Waals surface area contributed by atoms with E-state index in [1.807, 2.05) is 6.07 Å². The van der Waals surface area contributed by atoms with Crippen molar-refractivity contribution in [3.8, 4) is 0 Å². The Bertz CT molecular complexity index is 778. The first-order chi connectivity index (χ1) is 12.8. The van der Waals surface area contributed by atoms with E-state index in [-0.39, 0.29) is 18.3 Å². The Kier molecular flexibility index (Phi) is 5.64. The van der Waals surface area contributed by atoms with E-state index >= 15 is 0 Å². The Morgan fingerprint density at radius 3 is 2.63 bits per heavy atom. The van der Waals surface area contributed by atoms with Crippen molar-refractivity contribution < 1.29 is 17.9 Å². The number of anilines is 3. The summed E-state index contributed by atoms with van der Waals surface area (Å²) in [6.07, 6.45) is -2.85. The van der Waals surface area contributed by atoms with Gasteiger partial charge in [-0.3, -0.25) is 0 Å². The number of hydrogen-bond acceptors (Lipinski definition) is 7. The summed E-state index contributed by atoms with van der Waals surface area (Å²) < 4.78 is 44.7. The van der Waals surface area contributed by atoms with Crippen LogP contribution in [0.3, 0.4) is 0 Å². The van der Waals surface area contributed by atoms with E-state index in [2.05, 4.69) is 25.2 Å². The van der Waals surface area contributed by atoms with Crippen molar-refractivity contribution in [2.24, 2.45) is 0 Å². The number of nitrogens with one attached hydrogen (secondary N) is 1. The normalized spacial score (nSPS) is 14.9. The van der Waals surface area contributed by atoms with Gasteiger partial charge < -0.3 is 19.9 Å². The van der Waals surface area contributed by atoms with Gasteiger partial charge in [-0.15, -0.1) is 0 Å². The molecular formula is C17H21F3N6O. The topological polar surface area (TPSA) is 66.4 Å². The van der Waals surface area contributed by atoms with Crippen LogP contribution >= 0.6 is 0 Å². The number of hydrogen-bond donors (Lipinski definition) is 1. The summed E-state index contributed by atoms with van der Waals surface area (Å²) in [6.45, 7) is 2.93. The standard InChI is InChI=1S/C17H21F3N6O/c1-25(2)14-10-13(17(18,19)20)23-16(24-14)22-11-12-4-3-5-21-15(12)26-6-8-27-9-7-26/h3-5,10H,6-9,11H2,1-2H3,(H,22,23,24). The Morgan fingerprint density at radius 2 is 1.96 bits per heavy atom. The molecule has 7 nitrogen and oxygen atoms in total. The van der Waals surface area contributed by atoms with E-state index in [0.29, 0.717) is 13.2 Å². The number of alkyl halides is 3. The molecule has 1 fully saturated rings. The molecule has 2 aromatic rings. The van der Waals surface area contributed by atoms with Gasteiger partial charge in [-0.25, -0.2) is 9.97 Å². The van der Waals surface area contributed by atoms with Crippen LogP contribution in [0.5, 0.6) is 0 Å². The van der Waals surface area contributed by atoms with Gasteiger partial charge in [-0.2, -0.15) is 18.2 Å². The Morgan fingerprint density at radius 1 is 1.22 bits per heavy atom. The van der Waals surface area contributed by atoms with Crippen molar-refractivity contribution >= 4 is 17.6 Å². The van der Waals surface area contributed by atoms with Gasteiger partial charge in [-0.05, 0) is 6.07 Å². The van der Waals surface area contributed by atoms with E-state index < -0.39 is 11.9 Å². The molecule has 0 unspecified atom stereocenters. The second kappa shape index (κ2) is 7.95. The third-order valence-corrected chi connectivity index (χ3v) is 4.08. The smallest absolute Gasteiger partial charge is 0.378 e. The van der Waals surface area contributed by atoms with Crippen LogP contribution in [0, 0.1) is 0 Å². The number of ether oxygens (including phenoxy) is 1. The van der Waals surface area contributed by atoms with Crippen molar-refractivity contribution in [1.82, 2.24) is 15.0 Å². The van der Waals surface area contributed by atoms with Crippen molar-refractivity contribution in [2.75, 3.05) is 55.5 Å². The molecule has 0 spiro atoms. The molecule has 1 aliphatic heterocycles. The van der Waals surface area contributed by atoms with Crippen LogP contribution in [-0.4, -0.2) is 55.4 Å². The van der Waals surface area contributed by atoms with Crippen LogP contribution in [0.4, 0.5) is 30.8 Å². The van der Waals surface area contributed by atoms with Crippen LogP contribution in [0.1, 0.15) is 11.3 Å². The Labute approximate surface area is 155 Å². The number of aromatic nitrogens is 3. The number of morpholine rings is 1. The highest BCUT2D eigenvalue weighted by atomic mass is 19.4. The van der Waals surface area contributed by atoms with Crippen LogP contribution in [0.25, 0.3) is 0 Å². The number of nitrogens with zero attached hydrogens (tertiary/aromatic N) is 5. The van der Waals surface area contributed by atoms with E-state index in [0.717, 1.165) is 30.5 Å². The summed E-state index contributed by atoms with van der Waals surface area (Å²) in [7, 11) is 3.26. The van der Waals surface area contributed by atoms with Crippen LogP contribution in [-0.2, 0) is 17.5 Å². The van der Waals surface area contributed by atoms with Gasteiger partial charge in [0.2, 0.25) is 5.95 Å². The molecule has 1 saturated heterocycles. The molecule has 0 aromatic carbocycles. The van der Waals surface area contributed by atoms with E-state index in [4.69, 9.17) is 4.74 Å². The Balaban J connectivity index is 1.82. The van der Waals surface area contributed by atoms with Crippen LogP contribution in [0.15, 0.2) is 24.4 Å². The first-order valence-electron chi connectivity index (χ1n) is 8.48. The van der Waals surface area contributed by atoms with Gasteiger partial charge in [0.1, 0.15) is 11.6 Å². The largest absolute Gasteiger partial charge is 0.433 e. The summed E-state index contributed by atoms with van der Waals surface area (Å²) >= 11 is 0. The van der Waals surface area contributed by atoms with Gasteiger partial charge in [0.25, 0.3) is 0 Å². The summed E-state index contributed by atoms with van der Waals surface area (Å²) in [5.74, 6) is 0.887. The van der Waals surface area contributed by atoms with E-state index in [9.17, 15) is 13.2 Å². The van der Waals surface area contributed by atoms with Gasteiger partial charge in [0.15, 0.2) is 5.69 Å². The molecule has 27 heavy (non-hydrogen) atoms. The quantitative estimate of drug-likeness (QED) is 0.852. The highest BCUT2D eigenvalue weighted by molar-refractivity contribution is 5.50. The molecule has 2 aromatic heterocycles. The molecule has 0 saturated carbocycles. The molecular weight excluding hydrogens is 361 g/mol. The summed E-state index contributed by atoms with van der Waals surface area (Å²) in [5.41, 5.74) is -0.130. The van der Waals surface area contributed by atoms with Gasteiger partial charge in [-0.1, -0.05) is 6.07 Å². The molecule has 0 bridgehead atoms. The monoisotopic (exact) mass is 382 g/mol. The van der Waals surface area contributed by atoms with E-state index in [1.54, 1.807) is 26.4 Å². The maximum absolute atomic E-state index is 13.1. The fourth-order valence-corrected chi connectivity index (χ4v) is 2.69. The summed E-state index contributed by atoms with van der Waals surface area (Å²) in [6, 6.07) is 4.60. The number of pyridine rings is 1. The van der Waals surface area contributed by atoms with Crippen molar-refractivity contribution in [3.63, 3.8) is 0 Å². The maximum atomic E-state index is 13.1. The highest BCUT2D eigenvalue weighted by Crippen LogP contribution is 2.30. The molecule has 1 N–H and O–H groups in total. The minimum Gasteiger partial charge on any atom is -0.378 e. The minimum atomic E-state index is -4.54. The molecule has 3 rings (SSSR count). The predicted octanol–water partition coefficient (Wildman–Crippen LogP) is 2.41. The van der Waals surface area contributed by atoms with Crippen LogP contribution in [0.2, 0.25) is 0 Å². The lowest BCUT2D eigenvalue weighted by atomic mass is 10.2. The first kappa shape index (κ1) is 19.2. The summed E-state index contributed by atoms with van der Waals surface area (Å²) in [4.78, 5) is 15.8. The zero-order valence-corrected chi connectivity index (χ0v) is 15.1. The number of rotatable bonds is 5. The third-order valence-electron chi connectivity index (χ3n) is 4.08. The number of halogens is 3. The second-order valence-corrected chi connectivity index (χ2v) is 6.27. The predicted molar refractivity (Wildman–Crippen MR) is 96.0 cm³/mol. The van der Waals surface area contributed by atoms with Crippen molar-refractivity contribution in [2.45, 2.75) is 12.7 Å². The maximum Gasteiger partial charge on any atom is 0.433 e. The fraction of sp³-hybridized carbons (Fsp3) is 0.471. The van der Waals surface area contributed by atoms with Crippen molar-refractivity contribution in [1.29, 1.82) is 0 Å². The average molecular weight is 382 g/mol. The summed E-state index contributed by atoms with van der Waals surface area (Å²) in [5, 5.41) is 2.90. The van der Waals surface area contributed by atoms with E-state index in [1.165, 1.54) is 4.90 Å². The van der Waals surface area contributed by atoms with Crippen molar-refractivity contribution in [3.05, 3.63) is 35.7 Å². The average Bonchev–Trinajstić information content (AvgIpc) is 2.66. The molecule has 146 valence electrons. The molecule has 10 heteroatoms. The Hall–Kier alpha value is -2.62. The minimum absolute atomic E-state index is 0.0784. The molecule has 0 amide bonds. The first-order valence-corrected chi connectivity index (χ1v) is 8.48.